The lowest BCUT2D eigenvalue weighted by Crippen LogP contribution is -2.28. The van der Waals surface area contributed by atoms with Crippen LogP contribution in [0.25, 0.3) is 32.7 Å². The summed E-state index contributed by atoms with van der Waals surface area (Å²) < 4.78 is 12.3. The lowest BCUT2D eigenvalue weighted by molar-refractivity contribution is 0.481. The monoisotopic (exact) mass is 652 g/mol. The minimum atomic E-state index is -0.572. The Balaban J connectivity index is 1.19. The van der Waals surface area contributed by atoms with Crippen molar-refractivity contribution in [2.45, 2.75) is 5.41 Å². The molecule has 0 aliphatic heterocycles. The molecule has 0 bridgehead atoms. The maximum absolute atomic E-state index is 9.56. The van der Waals surface area contributed by atoms with E-state index in [0.717, 1.165) is 21.5 Å². The minimum absolute atomic E-state index is 0.497. The van der Waals surface area contributed by atoms with Gasteiger partial charge >= 0.3 is 0 Å². The molecule has 0 saturated carbocycles. The molecule has 4 heteroatoms. The van der Waals surface area contributed by atoms with E-state index in [0.29, 0.717) is 34.1 Å². The van der Waals surface area contributed by atoms with E-state index >= 15 is 0 Å². The van der Waals surface area contributed by atoms with E-state index in [1.807, 2.05) is 60.7 Å². The van der Waals surface area contributed by atoms with Gasteiger partial charge in [0.05, 0.1) is 16.5 Å². The summed E-state index contributed by atoms with van der Waals surface area (Å²) in [4.78, 5) is 0. The van der Waals surface area contributed by atoms with Crippen LogP contribution in [0.3, 0.4) is 0 Å². The zero-order valence-electron chi connectivity index (χ0n) is 27.4. The van der Waals surface area contributed by atoms with Gasteiger partial charge in [0.25, 0.3) is 0 Å². The number of benzene rings is 8. The number of fused-ring (bicyclic) bond motifs is 5. The van der Waals surface area contributed by atoms with Gasteiger partial charge in [-0.05, 0) is 116 Å². The Kier molecular flexibility index (Phi) is 7.09. The first-order chi connectivity index (χ1) is 25.1. The van der Waals surface area contributed by atoms with Crippen LogP contribution in [-0.4, -0.2) is 0 Å². The van der Waals surface area contributed by atoms with Gasteiger partial charge in [0.15, 0.2) is 0 Å². The van der Waals surface area contributed by atoms with Gasteiger partial charge in [0.1, 0.15) is 35.1 Å². The summed E-state index contributed by atoms with van der Waals surface area (Å²) in [6.45, 7) is 0. The molecule has 0 heterocycles. The lowest BCUT2D eigenvalue weighted by Gasteiger charge is -2.34. The number of ether oxygens (including phenoxy) is 2. The molecule has 8 aromatic carbocycles. The van der Waals surface area contributed by atoms with Crippen LogP contribution in [0.5, 0.6) is 23.0 Å². The molecule has 0 saturated heterocycles. The van der Waals surface area contributed by atoms with Crippen LogP contribution >= 0.6 is 0 Å². The fraction of sp³-hybridized carbons (Fsp3) is 0.0213. The van der Waals surface area contributed by atoms with Crippen molar-refractivity contribution in [2.75, 3.05) is 0 Å². The predicted molar refractivity (Wildman–Crippen MR) is 201 cm³/mol. The Labute approximate surface area is 295 Å². The quantitative estimate of drug-likeness (QED) is 0.179. The van der Waals surface area contributed by atoms with Gasteiger partial charge < -0.3 is 9.47 Å². The number of nitrogens with zero attached hydrogens (tertiary/aromatic N) is 2. The molecule has 0 amide bonds. The van der Waals surface area contributed by atoms with Crippen LogP contribution in [-0.2, 0) is 5.41 Å². The number of nitriles is 2. The van der Waals surface area contributed by atoms with Crippen molar-refractivity contribution < 1.29 is 9.47 Å². The summed E-state index contributed by atoms with van der Waals surface area (Å²) in [6.07, 6.45) is 0. The lowest BCUT2D eigenvalue weighted by atomic mass is 9.67. The zero-order chi connectivity index (χ0) is 34.4. The normalized spacial score (nSPS) is 12.4. The van der Waals surface area contributed by atoms with Crippen LogP contribution in [0.15, 0.2) is 170 Å². The van der Waals surface area contributed by atoms with E-state index in [2.05, 4.69) is 109 Å². The molecule has 1 aliphatic rings. The molecule has 0 atom stereocenters. The van der Waals surface area contributed by atoms with Crippen molar-refractivity contribution in [3.63, 3.8) is 0 Å². The van der Waals surface area contributed by atoms with Gasteiger partial charge in [0.2, 0.25) is 0 Å². The summed E-state index contributed by atoms with van der Waals surface area (Å²) in [5.74, 6) is 2.43. The van der Waals surface area contributed by atoms with E-state index in [1.165, 1.54) is 33.4 Å². The molecule has 0 spiro atoms. The van der Waals surface area contributed by atoms with Crippen molar-refractivity contribution in [1.29, 1.82) is 10.5 Å². The first-order valence-electron chi connectivity index (χ1n) is 16.8. The van der Waals surface area contributed by atoms with Crippen molar-refractivity contribution in [2.24, 2.45) is 0 Å². The maximum Gasteiger partial charge on any atom is 0.145 e. The van der Waals surface area contributed by atoms with Gasteiger partial charge in [-0.15, -0.1) is 0 Å². The average Bonchev–Trinajstić information content (AvgIpc) is 3.49. The fourth-order valence-electron chi connectivity index (χ4n) is 7.61. The van der Waals surface area contributed by atoms with Crippen LogP contribution in [0.4, 0.5) is 0 Å². The summed E-state index contributed by atoms with van der Waals surface area (Å²) in [7, 11) is 0. The Hall–Kier alpha value is -7.14. The van der Waals surface area contributed by atoms with E-state index in [-0.39, 0.29) is 0 Å². The molecule has 9 rings (SSSR count). The van der Waals surface area contributed by atoms with Gasteiger partial charge in [0, 0.05) is 0 Å². The van der Waals surface area contributed by atoms with E-state index < -0.39 is 5.41 Å². The molecular formula is C47H28N2O2. The molecule has 1 aliphatic carbocycles. The first-order valence-corrected chi connectivity index (χ1v) is 16.8. The SMILES string of the molecule is N#Cc1ccccc1Oc1ccc2cc(C3(c4ccc5cc(Oc6ccccc6C#N)ccc5c4)c4ccccc4-c4ccccc43)ccc2c1. The molecule has 0 N–H and O–H groups in total. The number of para-hydroxylation sites is 2. The molecule has 0 radical (unpaired) electrons. The Morgan fingerprint density at radius 3 is 1.25 bits per heavy atom. The van der Waals surface area contributed by atoms with Crippen molar-refractivity contribution in [3.8, 4) is 46.3 Å². The second kappa shape index (κ2) is 12.1. The standard InChI is InChI=1S/C47H28N2O2/c48-29-35-9-1-7-15-45(35)50-39-23-19-31-25-37(21-17-33(31)27-39)47(43-13-5-3-11-41(43)42-12-4-6-14-44(42)47)38-22-18-34-28-40(24-20-32(34)26-38)51-46-16-8-2-10-36(46)30-49/h1-28H. The van der Waals surface area contributed by atoms with Crippen LogP contribution in [0.1, 0.15) is 33.4 Å². The van der Waals surface area contributed by atoms with Crippen molar-refractivity contribution in [1.82, 2.24) is 0 Å². The van der Waals surface area contributed by atoms with E-state index in [4.69, 9.17) is 9.47 Å². The Bertz CT molecular complexity index is 2560. The summed E-state index contributed by atoms with van der Waals surface area (Å²) in [5.41, 5.74) is 7.70. The van der Waals surface area contributed by atoms with Crippen molar-refractivity contribution >= 4 is 21.5 Å². The molecule has 4 nitrogen and oxygen atoms in total. The molecule has 0 aromatic heterocycles. The molecular weight excluding hydrogens is 625 g/mol. The largest absolute Gasteiger partial charge is 0.456 e. The second-order valence-corrected chi connectivity index (χ2v) is 12.7. The highest BCUT2D eigenvalue weighted by molar-refractivity contribution is 5.92. The number of hydrogen-bond donors (Lipinski definition) is 0. The third-order valence-electron chi connectivity index (χ3n) is 9.91. The van der Waals surface area contributed by atoms with E-state index in [9.17, 15) is 10.5 Å². The van der Waals surface area contributed by atoms with Gasteiger partial charge in [-0.3, -0.25) is 0 Å². The average molecular weight is 653 g/mol. The smallest absolute Gasteiger partial charge is 0.145 e. The molecule has 0 unspecified atom stereocenters. The highest BCUT2D eigenvalue weighted by Crippen LogP contribution is 2.56. The highest BCUT2D eigenvalue weighted by atomic mass is 16.5. The molecule has 0 fully saturated rings. The minimum Gasteiger partial charge on any atom is -0.456 e. The molecule has 238 valence electrons. The van der Waals surface area contributed by atoms with E-state index in [1.54, 1.807) is 12.1 Å². The summed E-state index contributed by atoms with van der Waals surface area (Å²) in [6, 6.07) is 62.0. The van der Waals surface area contributed by atoms with Crippen LogP contribution in [0, 0.1) is 22.7 Å². The Morgan fingerprint density at radius 1 is 0.392 bits per heavy atom. The highest BCUT2D eigenvalue weighted by Gasteiger charge is 2.46. The third-order valence-corrected chi connectivity index (χ3v) is 9.91. The second-order valence-electron chi connectivity index (χ2n) is 12.7. The van der Waals surface area contributed by atoms with Gasteiger partial charge in [-0.2, -0.15) is 10.5 Å². The number of rotatable bonds is 6. The fourth-order valence-corrected chi connectivity index (χ4v) is 7.61. The van der Waals surface area contributed by atoms with Crippen molar-refractivity contribution in [3.05, 3.63) is 203 Å². The topological polar surface area (TPSA) is 66.0 Å². The predicted octanol–water partition coefficient (Wildman–Crippen LogP) is 11.7. The van der Waals surface area contributed by atoms with Crippen LogP contribution < -0.4 is 9.47 Å². The van der Waals surface area contributed by atoms with Gasteiger partial charge in [-0.25, -0.2) is 0 Å². The number of hydrogen-bond acceptors (Lipinski definition) is 4. The summed E-state index contributed by atoms with van der Waals surface area (Å²) in [5, 5.41) is 23.4. The summed E-state index contributed by atoms with van der Waals surface area (Å²) >= 11 is 0. The molecule has 51 heavy (non-hydrogen) atoms. The first kappa shape index (κ1) is 30.0. The van der Waals surface area contributed by atoms with Crippen LogP contribution in [0.2, 0.25) is 0 Å². The maximum atomic E-state index is 9.56. The van der Waals surface area contributed by atoms with Gasteiger partial charge in [-0.1, -0.05) is 109 Å². The third kappa shape index (κ3) is 4.90. The Morgan fingerprint density at radius 2 is 0.784 bits per heavy atom. The molecule has 8 aromatic rings. The zero-order valence-corrected chi connectivity index (χ0v) is 27.4.